The van der Waals surface area contributed by atoms with E-state index in [0.29, 0.717) is 17.2 Å². The van der Waals surface area contributed by atoms with Crippen LogP contribution < -0.4 is 10.9 Å². The molecule has 0 aromatic carbocycles. The fraction of sp³-hybridized carbons (Fsp3) is 0.625. The zero-order valence-corrected chi connectivity index (χ0v) is 15.3. The van der Waals surface area contributed by atoms with E-state index in [1.54, 1.807) is 0 Å². The van der Waals surface area contributed by atoms with Crippen molar-refractivity contribution in [3.63, 3.8) is 0 Å². The molecule has 1 aliphatic heterocycles. The third-order valence-electron chi connectivity index (χ3n) is 4.89. The van der Waals surface area contributed by atoms with Crippen LogP contribution in [0, 0.1) is 11.8 Å². The number of thiophene rings is 1. The van der Waals surface area contributed by atoms with Gasteiger partial charge in [0.25, 0.3) is 5.91 Å². The number of hydrazine groups is 1. The topological polar surface area (TPSA) is 92.3 Å². The molecule has 1 aliphatic carbocycles. The fourth-order valence-corrected chi connectivity index (χ4v) is 6.19. The van der Waals surface area contributed by atoms with Crippen LogP contribution >= 0.6 is 11.3 Å². The summed E-state index contributed by atoms with van der Waals surface area (Å²) < 4.78 is 22.8. The molecule has 3 rings (SSSR count). The Bertz CT molecular complexity index is 754. The highest BCUT2D eigenvalue weighted by molar-refractivity contribution is 7.91. The predicted octanol–water partition coefficient (Wildman–Crippen LogP) is 1.46. The number of amides is 2. The molecule has 24 heavy (non-hydrogen) atoms. The highest BCUT2D eigenvalue weighted by Crippen LogP contribution is 2.33. The molecule has 0 unspecified atom stereocenters. The van der Waals surface area contributed by atoms with Crippen molar-refractivity contribution in [2.45, 2.75) is 39.0 Å². The highest BCUT2D eigenvalue weighted by atomic mass is 32.2. The zero-order chi connectivity index (χ0) is 17.3. The molecule has 1 aromatic heterocycles. The van der Waals surface area contributed by atoms with Crippen LogP contribution in [0.5, 0.6) is 0 Å². The molecule has 0 radical (unpaired) electrons. The second-order valence-corrected chi connectivity index (χ2v) is 9.98. The molecule has 2 aliphatic rings. The van der Waals surface area contributed by atoms with Gasteiger partial charge in [-0.2, -0.15) is 0 Å². The van der Waals surface area contributed by atoms with Gasteiger partial charge in [-0.3, -0.25) is 20.4 Å². The third kappa shape index (κ3) is 3.80. The minimum Gasteiger partial charge on any atom is -0.273 e. The van der Waals surface area contributed by atoms with E-state index in [1.165, 1.54) is 21.8 Å². The average Bonchev–Trinajstić information content (AvgIpc) is 3.14. The summed E-state index contributed by atoms with van der Waals surface area (Å²) >= 11 is 1.48. The van der Waals surface area contributed by atoms with Crippen LogP contribution in [0.25, 0.3) is 0 Å². The first-order valence-corrected chi connectivity index (χ1v) is 10.9. The normalized spacial score (nSPS) is 25.0. The van der Waals surface area contributed by atoms with Gasteiger partial charge in [0.1, 0.15) is 0 Å². The van der Waals surface area contributed by atoms with Crippen LogP contribution in [-0.4, -0.2) is 31.7 Å². The second kappa shape index (κ2) is 6.84. The molecule has 0 bridgehead atoms. The first kappa shape index (κ1) is 17.4. The molecule has 132 valence electrons. The Morgan fingerprint density at radius 3 is 2.75 bits per heavy atom. The lowest BCUT2D eigenvalue weighted by Crippen LogP contribution is -2.44. The van der Waals surface area contributed by atoms with E-state index < -0.39 is 21.7 Å². The molecule has 2 amide bonds. The van der Waals surface area contributed by atoms with E-state index in [2.05, 4.69) is 17.8 Å². The van der Waals surface area contributed by atoms with E-state index in [9.17, 15) is 18.0 Å². The van der Waals surface area contributed by atoms with Crippen molar-refractivity contribution in [3.05, 3.63) is 21.4 Å². The van der Waals surface area contributed by atoms with Crippen molar-refractivity contribution < 1.29 is 18.0 Å². The first-order valence-electron chi connectivity index (χ1n) is 8.30. The monoisotopic (exact) mass is 370 g/mol. The lowest BCUT2D eigenvalue weighted by Gasteiger charge is -2.19. The number of rotatable bonds is 3. The van der Waals surface area contributed by atoms with Crippen LogP contribution in [-0.2, 0) is 27.5 Å². The first-order chi connectivity index (χ1) is 11.4. The van der Waals surface area contributed by atoms with Crippen LogP contribution in [0.2, 0.25) is 0 Å². The minimum absolute atomic E-state index is 0.0370. The molecule has 8 heteroatoms. The molecule has 2 N–H and O–H groups in total. The second-order valence-electron chi connectivity index (χ2n) is 6.62. The smallest absolute Gasteiger partial charge is 0.273 e. The van der Waals surface area contributed by atoms with Crippen molar-refractivity contribution >= 4 is 33.0 Å². The molecular weight excluding hydrogens is 348 g/mol. The van der Waals surface area contributed by atoms with Crippen LogP contribution in [0.1, 0.15) is 46.3 Å². The highest BCUT2D eigenvalue weighted by Gasteiger charge is 2.33. The Hall–Kier alpha value is -1.41. The van der Waals surface area contributed by atoms with Crippen molar-refractivity contribution in [1.29, 1.82) is 0 Å². The number of hydrogen-bond donors (Lipinski definition) is 2. The Balaban J connectivity index is 1.56. The zero-order valence-electron chi connectivity index (χ0n) is 13.6. The number of carbonyl (C=O) groups excluding carboxylic acids is 2. The molecule has 6 nitrogen and oxygen atoms in total. The summed E-state index contributed by atoms with van der Waals surface area (Å²) in [5.74, 6) is -0.756. The number of nitrogens with one attached hydrogen (secondary N) is 2. The average molecular weight is 370 g/mol. The largest absolute Gasteiger partial charge is 0.279 e. The Morgan fingerprint density at radius 1 is 1.29 bits per heavy atom. The summed E-state index contributed by atoms with van der Waals surface area (Å²) in [6, 6.07) is 1.92. The standard InChI is InChI=1S/C16H22N2O4S2/c1-2-10-3-4-13-12(7-10)8-14(23-13)16(20)18-17-15(19)11-5-6-24(21,22)9-11/h8,10-11H,2-7,9H2,1H3,(H,17,19)(H,18,20)/t10-,11+/m1/s1. The van der Waals surface area contributed by atoms with Gasteiger partial charge >= 0.3 is 0 Å². The summed E-state index contributed by atoms with van der Waals surface area (Å²) in [6.45, 7) is 2.19. The third-order valence-corrected chi connectivity index (χ3v) is 7.89. The van der Waals surface area contributed by atoms with E-state index in [0.717, 1.165) is 25.7 Å². The van der Waals surface area contributed by atoms with Gasteiger partial charge in [0, 0.05) is 4.88 Å². The van der Waals surface area contributed by atoms with E-state index in [4.69, 9.17) is 0 Å². The molecule has 1 fully saturated rings. The van der Waals surface area contributed by atoms with Gasteiger partial charge in [0.2, 0.25) is 5.91 Å². The minimum atomic E-state index is -3.11. The summed E-state index contributed by atoms with van der Waals surface area (Å²) in [5.41, 5.74) is 6.03. The lowest BCUT2D eigenvalue weighted by molar-refractivity contribution is -0.125. The van der Waals surface area contributed by atoms with Gasteiger partial charge in [-0.15, -0.1) is 11.3 Å². The van der Waals surface area contributed by atoms with Gasteiger partial charge in [0.15, 0.2) is 9.84 Å². The molecule has 1 saturated heterocycles. The number of hydrogen-bond acceptors (Lipinski definition) is 5. The predicted molar refractivity (Wildman–Crippen MR) is 92.5 cm³/mol. The van der Waals surface area contributed by atoms with Crippen molar-refractivity contribution in [2.24, 2.45) is 11.8 Å². The maximum absolute atomic E-state index is 12.2. The van der Waals surface area contributed by atoms with Crippen LogP contribution in [0.4, 0.5) is 0 Å². The summed E-state index contributed by atoms with van der Waals surface area (Å²) in [4.78, 5) is 26.0. The maximum atomic E-state index is 12.2. The van der Waals surface area contributed by atoms with Crippen molar-refractivity contribution in [1.82, 2.24) is 10.9 Å². The molecule has 0 saturated carbocycles. The van der Waals surface area contributed by atoms with Crippen LogP contribution in [0.15, 0.2) is 6.07 Å². The van der Waals surface area contributed by atoms with E-state index in [-0.39, 0.29) is 17.4 Å². The number of sulfone groups is 1. The van der Waals surface area contributed by atoms with Crippen molar-refractivity contribution in [3.8, 4) is 0 Å². The lowest BCUT2D eigenvalue weighted by atomic mass is 9.87. The van der Waals surface area contributed by atoms with Gasteiger partial charge < -0.3 is 0 Å². The summed E-state index contributed by atoms with van der Waals surface area (Å²) in [5, 5.41) is 0. The van der Waals surface area contributed by atoms with Gasteiger partial charge in [-0.25, -0.2) is 8.42 Å². The quantitative estimate of drug-likeness (QED) is 0.788. The van der Waals surface area contributed by atoms with Gasteiger partial charge in [0.05, 0.1) is 22.3 Å². The Kier molecular flexibility index (Phi) is 4.96. The summed E-state index contributed by atoms with van der Waals surface area (Å²) in [6.07, 6.45) is 4.66. The maximum Gasteiger partial charge on any atom is 0.279 e. The van der Waals surface area contributed by atoms with Gasteiger partial charge in [-0.1, -0.05) is 13.3 Å². The number of carbonyl (C=O) groups is 2. The SMILES string of the molecule is CC[C@@H]1CCc2sc(C(=O)NNC(=O)[C@H]3CCS(=O)(=O)C3)cc2C1. The molecule has 2 heterocycles. The molecule has 0 spiro atoms. The van der Waals surface area contributed by atoms with Crippen LogP contribution in [0.3, 0.4) is 0 Å². The fourth-order valence-electron chi connectivity index (χ4n) is 3.34. The summed E-state index contributed by atoms with van der Waals surface area (Å²) in [7, 11) is -3.11. The molecule has 2 atom stereocenters. The molecule has 1 aromatic rings. The van der Waals surface area contributed by atoms with E-state index >= 15 is 0 Å². The number of aryl methyl sites for hydroxylation is 1. The van der Waals surface area contributed by atoms with Gasteiger partial charge in [-0.05, 0) is 43.2 Å². The van der Waals surface area contributed by atoms with Crippen molar-refractivity contribution in [2.75, 3.05) is 11.5 Å². The molecular formula is C16H22N2O4S2. The number of fused-ring (bicyclic) bond motifs is 1. The van der Waals surface area contributed by atoms with E-state index in [1.807, 2.05) is 6.07 Å². The Labute approximate surface area is 145 Å². The Morgan fingerprint density at radius 2 is 2.08 bits per heavy atom.